The van der Waals surface area contributed by atoms with Crippen LogP contribution in [0.5, 0.6) is 0 Å². The number of hydrogen-bond acceptors (Lipinski definition) is 5. The molecule has 0 fully saturated rings. The minimum absolute atomic E-state index is 0.179. The molecule has 0 saturated heterocycles. The van der Waals surface area contributed by atoms with Crippen molar-refractivity contribution in [3.8, 4) is 0 Å². The van der Waals surface area contributed by atoms with Crippen molar-refractivity contribution in [1.82, 2.24) is 4.57 Å². The second kappa shape index (κ2) is 9.71. The van der Waals surface area contributed by atoms with Gasteiger partial charge in [0.15, 0.2) is 4.80 Å². The number of carbonyl (C=O) groups is 2. The minimum Gasteiger partial charge on any atom is -0.462 e. The van der Waals surface area contributed by atoms with E-state index in [9.17, 15) is 9.59 Å². The summed E-state index contributed by atoms with van der Waals surface area (Å²) in [6.45, 7) is 2.87. The molecule has 7 heteroatoms. The van der Waals surface area contributed by atoms with Gasteiger partial charge in [0.25, 0.3) is 5.91 Å². The lowest BCUT2D eigenvalue weighted by Gasteiger charge is -2.05. The second-order valence-corrected chi connectivity index (χ2v) is 8.09. The topological polar surface area (TPSA) is 60.7 Å². The van der Waals surface area contributed by atoms with Crippen LogP contribution in [0.15, 0.2) is 53.5 Å². The normalized spacial score (nSPS) is 11.7. The molecule has 28 heavy (non-hydrogen) atoms. The second-order valence-electron chi connectivity index (χ2n) is 6.10. The van der Waals surface area contributed by atoms with Crippen LogP contribution in [-0.2, 0) is 22.5 Å². The summed E-state index contributed by atoms with van der Waals surface area (Å²) in [5.41, 5.74) is 2.42. The largest absolute Gasteiger partial charge is 0.462 e. The Hall–Kier alpha value is -2.38. The van der Waals surface area contributed by atoms with Crippen LogP contribution in [0.4, 0.5) is 0 Å². The van der Waals surface area contributed by atoms with Crippen LogP contribution in [0.1, 0.15) is 22.8 Å². The number of hydrogen-bond donors (Lipinski definition) is 0. The summed E-state index contributed by atoms with van der Waals surface area (Å²) in [4.78, 5) is 29.6. The van der Waals surface area contributed by atoms with Crippen molar-refractivity contribution in [2.45, 2.75) is 19.9 Å². The number of ether oxygens (including phenoxy) is 1. The summed E-state index contributed by atoms with van der Waals surface area (Å²) in [5, 5.41) is 0. The maximum atomic E-state index is 12.5. The maximum Gasteiger partial charge on any atom is 0.338 e. The first-order valence-corrected chi connectivity index (χ1v) is 11.2. The number of thiazole rings is 1. The molecule has 0 saturated carbocycles. The van der Waals surface area contributed by atoms with Crippen molar-refractivity contribution >= 4 is 45.2 Å². The van der Waals surface area contributed by atoms with E-state index in [2.05, 4.69) is 4.99 Å². The van der Waals surface area contributed by atoms with E-state index in [-0.39, 0.29) is 18.3 Å². The van der Waals surface area contributed by atoms with Crippen molar-refractivity contribution < 1.29 is 14.3 Å². The molecular formula is C21H22N2O3S2. The van der Waals surface area contributed by atoms with Crippen LogP contribution >= 0.6 is 23.1 Å². The van der Waals surface area contributed by atoms with E-state index in [0.29, 0.717) is 17.0 Å². The summed E-state index contributed by atoms with van der Waals surface area (Å²) in [5.74, 6) is 0.388. The number of thioether (sulfide) groups is 1. The van der Waals surface area contributed by atoms with Crippen LogP contribution in [0.3, 0.4) is 0 Å². The smallest absolute Gasteiger partial charge is 0.338 e. The lowest BCUT2D eigenvalue weighted by molar-refractivity contribution is -0.117. The number of aromatic nitrogens is 1. The summed E-state index contributed by atoms with van der Waals surface area (Å²) >= 11 is 3.16. The minimum atomic E-state index is -0.341. The van der Waals surface area contributed by atoms with Crippen LogP contribution in [0, 0.1) is 0 Å². The Kier molecular flexibility index (Phi) is 7.06. The average Bonchev–Trinajstić information content (AvgIpc) is 3.03. The zero-order valence-electron chi connectivity index (χ0n) is 15.9. The number of esters is 1. The molecule has 3 aromatic rings. The van der Waals surface area contributed by atoms with Gasteiger partial charge < -0.3 is 9.30 Å². The van der Waals surface area contributed by atoms with Gasteiger partial charge in [-0.15, -0.1) is 0 Å². The van der Waals surface area contributed by atoms with Crippen molar-refractivity contribution in [3.05, 3.63) is 64.5 Å². The van der Waals surface area contributed by atoms with Gasteiger partial charge in [0.1, 0.15) is 0 Å². The van der Waals surface area contributed by atoms with Gasteiger partial charge in [-0.3, -0.25) is 4.79 Å². The molecule has 0 aliphatic rings. The van der Waals surface area contributed by atoms with Gasteiger partial charge in [0, 0.05) is 12.3 Å². The number of amides is 1. The van der Waals surface area contributed by atoms with Gasteiger partial charge in [0.05, 0.1) is 28.8 Å². The molecule has 0 radical (unpaired) electrons. The summed E-state index contributed by atoms with van der Waals surface area (Å²) in [7, 11) is 0. The predicted octanol–water partition coefficient (Wildman–Crippen LogP) is 3.91. The molecule has 0 aliphatic heterocycles. The third-order valence-corrected chi connectivity index (χ3v) is 5.76. The van der Waals surface area contributed by atoms with Gasteiger partial charge in [-0.25, -0.2) is 4.79 Å². The predicted molar refractivity (Wildman–Crippen MR) is 115 cm³/mol. The molecule has 0 N–H and O–H groups in total. The van der Waals surface area contributed by atoms with Crippen molar-refractivity contribution in [2.24, 2.45) is 4.99 Å². The highest BCUT2D eigenvalue weighted by atomic mass is 32.2. The monoisotopic (exact) mass is 414 g/mol. The number of fused-ring (bicyclic) bond motifs is 1. The molecule has 0 bridgehead atoms. The first-order valence-electron chi connectivity index (χ1n) is 9.03. The zero-order valence-corrected chi connectivity index (χ0v) is 17.5. The highest BCUT2D eigenvalue weighted by Gasteiger charge is 2.12. The fourth-order valence-electron chi connectivity index (χ4n) is 2.82. The van der Waals surface area contributed by atoms with Crippen molar-refractivity contribution in [3.63, 3.8) is 0 Å². The Labute approximate surface area is 172 Å². The van der Waals surface area contributed by atoms with Gasteiger partial charge in [-0.1, -0.05) is 41.7 Å². The van der Waals surface area contributed by atoms with E-state index in [0.717, 1.165) is 28.1 Å². The molecule has 1 heterocycles. The summed E-state index contributed by atoms with van der Waals surface area (Å²) in [6.07, 6.45) is 2.32. The third-order valence-electron chi connectivity index (χ3n) is 4.13. The Morgan fingerprint density at radius 2 is 1.96 bits per heavy atom. The average molecular weight is 415 g/mol. The van der Waals surface area contributed by atoms with Crippen LogP contribution in [0.2, 0.25) is 0 Å². The van der Waals surface area contributed by atoms with Crippen LogP contribution in [0.25, 0.3) is 10.2 Å². The molecule has 5 nitrogen and oxygen atoms in total. The summed E-state index contributed by atoms with van der Waals surface area (Å²) in [6, 6.07) is 15.1. The molecule has 146 valence electrons. The SMILES string of the molecule is CCOC(=O)c1ccc2c(c1)sc(=NC(=O)Cc1ccccc1)n2CCSC. The molecule has 2 aromatic carbocycles. The van der Waals surface area contributed by atoms with E-state index >= 15 is 0 Å². The molecule has 1 aromatic heterocycles. The molecule has 0 spiro atoms. The quantitative estimate of drug-likeness (QED) is 0.550. The number of aryl methyl sites for hydroxylation is 1. The third kappa shape index (κ3) is 4.91. The lowest BCUT2D eigenvalue weighted by atomic mass is 10.1. The van der Waals surface area contributed by atoms with Crippen LogP contribution in [-0.4, -0.2) is 35.1 Å². The van der Waals surface area contributed by atoms with E-state index in [1.165, 1.54) is 11.3 Å². The Bertz CT molecular complexity index is 1040. The lowest BCUT2D eigenvalue weighted by Crippen LogP contribution is -2.18. The molecule has 1 amide bonds. The molecule has 3 rings (SSSR count). The maximum absolute atomic E-state index is 12.5. The molecule has 0 atom stereocenters. The van der Waals surface area contributed by atoms with E-state index < -0.39 is 0 Å². The number of carbonyl (C=O) groups excluding carboxylic acids is 2. The van der Waals surface area contributed by atoms with Gasteiger partial charge in [-0.05, 0) is 36.9 Å². The Morgan fingerprint density at radius 3 is 2.68 bits per heavy atom. The van der Waals surface area contributed by atoms with Gasteiger partial charge in [0.2, 0.25) is 0 Å². The number of benzene rings is 2. The summed E-state index contributed by atoms with van der Waals surface area (Å²) < 4.78 is 8.05. The standard InChI is InChI=1S/C21H22N2O3S2/c1-3-26-20(25)16-9-10-17-18(14-16)28-21(23(17)11-12-27-2)22-19(24)13-15-7-5-4-6-8-15/h4-10,14H,3,11-13H2,1-2H3. The number of nitrogens with zero attached hydrogens (tertiary/aromatic N) is 2. The molecule has 0 aliphatic carbocycles. The van der Waals surface area contributed by atoms with Crippen LogP contribution < -0.4 is 4.80 Å². The first kappa shape index (κ1) is 20.4. The van der Waals surface area contributed by atoms with E-state index in [4.69, 9.17) is 4.74 Å². The fraction of sp³-hybridized carbons (Fsp3) is 0.286. The number of rotatable bonds is 7. The van der Waals surface area contributed by atoms with Crippen molar-refractivity contribution in [1.29, 1.82) is 0 Å². The van der Waals surface area contributed by atoms with Gasteiger partial charge >= 0.3 is 5.97 Å². The fourth-order valence-corrected chi connectivity index (χ4v) is 4.29. The molecule has 0 unspecified atom stereocenters. The highest BCUT2D eigenvalue weighted by molar-refractivity contribution is 7.98. The van der Waals surface area contributed by atoms with E-state index in [1.807, 2.05) is 53.3 Å². The Morgan fingerprint density at radius 1 is 1.18 bits per heavy atom. The van der Waals surface area contributed by atoms with E-state index in [1.54, 1.807) is 24.8 Å². The van der Waals surface area contributed by atoms with Gasteiger partial charge in [-0.2, -0.15) is 16.8 Å². The molecular weight excluding hydrogens is 392 g/mol. The van der Waals surface area contributed by atoms with Crippen molar-refractivity contribution in [2.75, 3.05) is 18.6 Å². The zero-order chi connectivity index (χ0) is 19.9. The Balaban J connectivity index is 1.99. The highest BCUT2D eigenvalue weighted by Crippen LogP contribution is 2.20. The first-order chi connectivity index (χ1) is 13.6.